The van der Waals surface area contributed by atoms with Gasteiger partial charge in [0.25, 0.3) is 0 Å². The van der Waals surface area contributed by atoms with Crippen LogP contribution in [0.3, 0.4) is 0 Å². The van der Waals surface area contributed by atoms with Crippen molar-refractivity contribution in [3.63, 3.8) is 0 Å². The highest BCUT2D eigenvalue weighted by atomic mass is 35.5. The fourth-order valence-electron chi connectivity index (χ4n) is 3.51. The molecule has 0 saturated carbocycles. The van der Waals surface area contributed by atoms with Crippen LogP contribution in [0.25, 0.3) is 5.52 Å². The Balaban J connectivity index is 1.81. The predicted octanol–water partition coefficient (Wildman–Crippen LogP) is 2.43. The number of nitrogens with zero attached hydrogens (tertiary/aromatic N) is 3. The van der Waals surface area contributed by atoms with Crippen LogP contribution in [0.4, 0.5) is 4.79 Å². The summed E-state index contributed by atoms with van der Waals surface area (Å²) in [6.45, 7) is 1.09. The van der Waals surface area contributed by atoms with E-state index in [0.29, 0.717) is 18.2 Å². The van der Waals surface area contributed by atoms with Crippen molar-refractivity contribution in [1.29, 1.82) is 0 Å². The van der Waals surface area contributed by atoms with Gasteiger partial charge in [-0.1, -0.05) is 11.6 Å². The van der Waals surface area contributed by atoms with E-state index in [1.54, 1.807) is 12.3 Å². The fourth-order valence-corrected chi connectivity index (χ4v) is 3.72. The minimum absolute atomic E-state index is 0.0703. The van der Waals surface area contributed by atoms with Crippen molar-refractivity contribution in [3.8, 4) is 0 Å². The molecular weight excluding hydrogens is 294 g/mol. The highest BCUT2D eigenvalue weighted by Crippen LogP contribution is 2.42. The lowest BCUT2D eigenvalue weighted by Crippen LogP contribution is -2.39. The Morgan fingerprint density at radius 3 is 3.14 bits per heavy atom. The van der Waals surface area contributed by atoms with E-state index in [2.05, 4.69) is 4.98 Å². The Labute approximate surface area is 125 Å². The van der Waals surface area contributed by atoms with Gasteiger partial charge in [-0.2, -0.15) is 0 Å². The lowest BCUT2D eigenvalue weighted by atomic mass is 10.0. The molecule has 3 atom stereocenters. The normalized spacial score (nSPS) is 28.2. The number of pyridine rings is 1. The maximum absolute atomic E-state index is 11.7. The minimum atomic E-state index is -0.920. The van der Waals surface area contributed by atoms with Gasteiger partial charge >= 0.3 is 6.09 Å². The quantitative estimate of drug-likeness (QED) is 0.878. The number of rotatable bonds is 1. The summed E-state index contributed by atoms with van der Waals surface area (Å²) in [5, 5.41) is 10.2. The lowest BCUT2D eigenvalue weighted by Gasteiger charge is -2.25. The summed E-state index contributed by atoms with van der Waals surface area (Å²) in [5.41, 5.74) is 0.799. The first-order valence-corrected chi connectivity index (χ1v) is 7.25. The molecule has 0 aromatic carbocycles. The molecule has 6 nitrogen and oxygen atoms in total. The van der Waals surface area contributed by atoms with Crippen molar-refractivity contribution in [2.24, 2.45) is 5.92 Å². The van der Waals surface area contributed by atoms with E-state index in [0.717, 1.165) is 17.8 Å². The highest BCUT2D eigenvalue weighted by molar-refractivity contribution is 6.33. The number of ether oxygens (including phenoxy) is 1. The molecule has 1 N–H and O–H groups in total. The summed E-state index contributed by atoms with van der Waals surface area (Å²) in [7, 11) is 0. The summed E-state index contributed by atoms with van der Waals surface area (Å²) in [6.07, 6.45) is 3.38. The molecule has 2 aromatic heterocycles. The van der Waals surface area contributed by atoms with E-state index in [4.69, 9.17) is 16.3 Å². The van der Waals surface area contributed by atoms with E-state index >= 15 is 0 Å². The Bertz CT molecular complexity index is 717. The number of aromatic nitrogens is 2. The Morgan fingerprint density at radius 1 is 1.48 bits per heavy atom. The van der Waals surface area contributed by atoms with Crippen LogP contribution >= 0.6 is 11.6 Å². The van der Waals surface area contributed by atoms with Gasteiger partial charge in [-0.3, -0.25) is 4.90 Å². The second-order valence-electron chi connectivity index (χ2n) is 5.53. The van der Waals surface area contributed by atoms with Gasteiger partial charge in [0.1, 0.15) is 5.82 Å². The number of hydrogen-bond donors (Lipinski definition) is 1. The first-order valence-electron chi connectivity index (χ1n) is 6.87. The van der Waals surface area contributed by atoms with E-state index in [1.165, 1.54) is 4.90 Å². The van der Waals surface area contributed by atoms with E-state index in [-0.39, 0.29) is 18.0 Å². The van der Waals surface area contributed by atoms with Gasteiger partial charge in [0.15, 0.2) is 0 Å². The third-order valence-corrected chi connectivity index (χ3v) is 4.77. The van der Waals surface area contributed by atoms with Gasteiger partial charge in [0.05, 0.1) is 42.0 Å². The number of halogens is 1. The largest absolute Gasteiger partial charge is 0.465 e. The van der Waals surface area contributed by atoms with Gasteiger partial charge in [-0.15, -0.1) is 0 Å². The third-order valence-electron chi connectivity index (χ3n) is 4.45. The third kappa shape index (κ3) is 1.82. The summed E-state index contributed by atoms with van der Waals surface area (Å²) >= 11 is 6.16. The number of carbonyl (C=O) groups is 1. The molecule has 7 heteroatoms. The molecule has 110 valence electrons. The zero-order valence-corrected chi connectivity index (χ0v) is 11.9. The molecular formula is C14H14ClN3O3. The van der Waals surface area contributed by atoms with Crippen molar-refractivity contribution in [3.05, 3.63) is 35.4 Å². The van der Waals surface area contributed by atoms with E-state index < -0.39 is 6.09 Å². The Hall–Kier alpha value is -1.79. The van der Waals surface area contributed by atoms with Crippen molar-refractivity contribution in [2.45, 2.75) is 18.5 Å². The maximum atomic E-state index is 11.7. The second kappa shape index (κ2) is 4.61. The topological polar surface area (TPSA) is 67.1 Å². The van der Waals surface area contributed by atoms with E-state index in [9.17, 15) is 9.90 Å². The van der Waals surface area contributed by atoms with Crippen LogP contribution in [-0.2, 0) is 4.74 Å². The van der Waals surface area contributed by atoms with Crippen LogP contribution < -0.4 is 0 Å². The SMILES string of the molecule is O=C(O)N1C2COCC2C[C@H]1c1ncc2c(Cl)cccn12. The molecule has 2 aliphatic rings. The number of likely N-dealkylation sites (tertiary alicyclic amines) is 1. The maximum Gasteiger partial charge on any atom is 0.408 e. The molecule has 1 amide bonds. The van der Waals surface area contributed by atoms with Crippen molar-refractivity contribution in [2.75, 3.05) is 13.2 Å². The molecule has 2 aromatic rings. The zero-order chi connectivity index (χ0) is 14.6. The average Bonchev–Trinajstić information content (AvgIpc) is 3.10. The molecule has 4 heterocycles. The second-order valence-corrected chi connectivity index (χ2v) is 5.94. The smallest absolute Gasteiger partial charge is 0.408 e. The minimum Gasteiger partial charge on any atom is -0.465 e. The molecule has 2 saturated heterocycles. The fraction of sp³-hybridized carbons (Fsp3) is 0.429. The van der Waals surface area contributed by atoms with Gasteiger partial charge in [0, 0.05) is 12.1 Å². The van der Waals surface area contributed by atoms with Gasteiger partial charge in [-0.05, 0) is 18.6 Å². The molecule has 2 aliphatic heterocycles. The standard InChI is InChI=1S/C14H14ClN3O3/c15-9-2-1-3-17-11(9)5-16-13(17)10-4-8-6-21-7-12(8)18(10)14(19)20/h1-3,5,8,10,12H,4,6-7H2,(H,19,20)/t8?,10-,12?/m0/s1. The van der Waals surface area contributed by atoms with E-state index in [1.807, 2.05) is 16.7 Å². The molecule has 0 radical (unpaired) electrons. The van der Waals surface area contributed by atoms with Crippen molar-refractivity contribution < 1.29 is 14.6 Å². The number of fused-ring (bicyclic) bond motifs is 2. The summed E-state index contributed by atoms with van der Waals surface area (Å²) in [6, 6.07) is 3.32. The first-order chi connectivity index (χ1) is 10.2. The monoisotopic (exact) mass is 307 g/mol. The Kier molecular flexibility index (Phi) is 2.83. The van der Waals surface area contributed by atoms with Crippen LogP contribution in [-0.4, -0.2) is 44.7 Å². The Morgan fingerprint density at radius 2 is 2.33 bits per heavy atom. The summed E-state index contributed by atoms with van der Waals surface area (Å²) < 4.78 is 7.29. The summed E-state index contributed by atoms with van der Waals surface area (Å²) in [5.74, 6) is 0.974. The predicted molar refractivity (Wildman–Crippen MR) is 75.5 cm³/mol. The van der Waals surface area contributed by atoms with Crippen molar-refractivity contribution in [1.82, 2.24) is 14.3 Å². The number of imidazole rings is 1. The molecule has 4 rings (SSSR count). The number of hydrogen-bond acceptors (Lipinski definition) is 3. The average molecular weight is 308 g/mol. The van der Waals surface area contributed by atoms with Gasteiger partial charge < -0.3 is 14.2 Å². The lowest BCUT2D eigenvalue weighted by molar-refractivity contribution is 0.0979. The van der Waals surface area contributed by atoms with Crippen LogP contribution in [0, 0.1) is 5.92 Å². The highest BCUT2D eigenvalue weighted by Gasteiger charge is 2.48. The van der Waals surface area contributed by atoms with Crippen LogP contribution in [0.5, 0.6) is 0 Å². The van der Waals surface area contributed by atoms with Crippen LogP contribution in [0.2, 0.25) is 5.02 Å². The summed E-state index contributed by atoms with van der Waals surface area (Å²) in [4.78, 5) is 17.6. The number of amides is 1. The van der Waals surface area contributed by atoms with Crippen LogP contribution in [0.15, 0.2) is 24.5 Å². The van der Waals surface area contributed by atoms with Crippen molar-refractivity contribution >= 4 is 23.2 Å². The molecule has 21 heavy (non-hydrogen) atoms. The van der Waals surface area contributed by atoms with Gasteiger partial charge in [0.2, 0.25) is 0 Å². The van der Waals surface area contributed by atoms with Gasteiger partial charge in [-0.25, -0.2) is 9.78 Å². The molecule has 2 unspecified atom stereocenters. The van der Waals surface area contributed by atoms with Crippen LogP contribution in [0.1, 0.15) is 18.3 Å². The molecule has 0 spiro atoms. The molecule has 0 aliphatic carbocycles. The molecule has 0 bridgehead atoms. The number of carboxylic acid groups (broad SMARTS) is 1. The zero-order valence-electron chi connectivity index (χ0n) is 11.1. The first kappa shape index (κ1) is 12.9. The molecule has 2 fully saturated rings.